The summed E-state index contributed by atoms with van der Waals surface area (Å²) in [7, 11) is 0. The Hall–Kier alpha value is -2.46. The second-order valence-corrected chi connectivity index (χ2v) is 4.90. The van der Waals surface area contributed by atoms with Gasteiger partial charge in [0, 0.05) is 24.3 Å². The molecule has 4 heteroatoms. The molecule has 0 spiro atoms. The average molecular weight is 279 g/mol. The smallest absolute Gasteiger partial charge is 0.0964 e. The maximum Gasteiger partial charge on any atom is 0.0964 e. The van der Waals surface area contributed by atoms with E-state index in [-0.39, 0.29) is 0 Å². The number of hydrogen-bond acceptors (Lipinski definition) is 4. The summed E-state index contributed by atoms with van der Waals surface area (Å²) in [5, 5.41) is 14.4. The van der Waals surface area contributed by atoms with Gasteiger partial charge in [-0.05, 0) is 24.1 Å². The lowest BCUT2D eigenvalue weighted by Crippen LogP contribution is -2.08. The van der Waals surface area contributed by atoms with E-state index in [0.29, 0.717) is 13.0 Å². The number of nitrogens with one attached hydrogen (secondary N) is 1. The predicted octanol–water partition coefficient (Wildman–Crippen LogP) is 3.17. The van der Waals surface area contributed by atoms with Crippen LogP contribution in [0.4, 0.5) is 5.69 Å². The summed E-state index contributed by atoms with van der Waals surface area (Å²) < 4.78 is 0. The van der Waals surface area contributed by atoms with Crippen LogP contribution < -0.4 is 5.32 Å². The van der Waals surface area contributed by atoms with E-state index in [4.69, 9.17) is 0 Å². The number of nitrogens with zero attached hydrogens (tertiary/aromatic N) is 2. The number of hydrogen-bond donors (Lipinski definition) is 2. The van der Waals surface area contributed by atoms with Crippen molar-refractivity contribution in [3.8, 4) is 0 Å². The highest BCUT2D eigenvalue weighted by atomic mass is 16.3. The van der Waals surface area contributed by atoms with Crippen molar-refractivity contribution >= 4 is 16.6 Å². The van der Waals surface area contributed by atoms with Gasteiger partial charge < -0.3 is 10.4 Å². The molecule has 106 valence electrons. The number of fused-ring (bicyclic) bond motifs is 1. The van der Waals surface area contributed by atoms with Gasteiger partial charge in [0.25, 0.3) is 0 Å². The van der Waals surface area contributed by atoms with Gasteiger partial charge >= 0.3 is 0 Å². The Labute approximate surface area is 123 Å². The van der Waals surface area contributed by atoms with Crippen LogP contribution in [0.2, 0.25) is 0 Å². The molecule has 0 aliphatic heterocycles. The standard InChI is InChI=1S/C17H17N3O/c21-16(13-5-2-1-3-6-13)8-10-19-15-12-18-11-14-7-4-9-20-17(14)15/h1-7,9,11-12,16,19,21H,8,10H2. The van der Waals surface area contributed by atoms with Crippen molar-refractivity contribution in [3.63, 3.8) is 0 Å². The number of anilines is 1. The fraction of sp³-hybridized carbons (Fsp3) is 0.176. The molecular formula is C17H17N3O. The first-order chi connectivity index (χ1) is 10.3. The number of benzene rings is 1. The average Bonchev–Trinajstić information content (AvgIpc) is 2.56. The second kappa shape index (κ2) is 6.33. The van der Waals surface area contributed by atoms with Gasteiger partial charge in [-0.3, -0.25) is 9.97 Å². The molecule has 0 saturated carbocycles. The molecule has 0 aliphatic rings. The summed E-state index contributed by atoms with van der Waals surface area (Å²) in [6.07, 6.45) is 5.51. The highest BCUT2D eigenvalue weighted by Crippen LogP contribution is 2.20. The van der Waals surface area contributed by atoms with Crippen LogP contribution in [0.1, 0.15) is 18.1 Å². The predicted molar refractivity (Wildman–Crippen MR) is 84.0 cm³/mol. The molecule has 4 nitrogen and oxygen atoms in total. The highest BCUT2D eigenvalue weighted by molar-refractivity contribution is 5.88. The zero-order valence-electron chi connectivity index (χ0n) is 11.6. The number of aliphatic hydroxyl groups is 1. The number of pyridine rings is 2. The summed E-state index contributed by atoms with van der Waals surface area (Å²) in [5.41, 5.74) is 2.74. The first-order valence-corrected chi connectivity index (χ1v) is 7.00. The van der Waals surface area contributed by atoms with E-state index >= 15 is 0 Å². The number of aromatic nitrogens is 2. The van der Waals surface area contributed by atoms with E-state index in [1.54, 1.807) is 18.6 Å². The van der Waals surface area contributed by atoms with E-state index < -0.39 is 6.10 Å². The Balaban J connectivity index is 1.65. The first kappa shape index (κ1) is 13.5. The van der Waals surface area contributed by atoms with E-state index in [0.717, 1.165) is 22.2 Å². The molecule has 0 amide bonds. The molecule has 2 aromatic heterocycles. The SMILES string of the molecule is OC(CCNc1cncc2cccnc12)c1ccccc1. The quantitative estimate of drug-likeness (QED) is 0.753. The van der Waals surface area contributed by atoms with Crippen LogP contribution in [0.3, 0.4) is 0 Å². The van der Waals surface area contributed by atoms with Crippen molar-refractivity contribution in [3.05, 3.63) is 66.6 Å². The van der Waals surface area contributed by atoms with Gasteiger partial charge in [0.15, 0.2) is 0 Å². The van der Waals surface area contributed by atoms with Gasteiger partial charge in [0.2, 0.25) is 0 Å². The minimum absolute atomic E-state index is 0.463. The van der Waals surface area contributed by atoms with Crippen LogP contribution in [-0.4, -0.2) is 21.6 Å². The van der Waals surface area contributed by atoms with Crippen molar-refractivity contribution in [2.24, 2.45) is 0 Å². The molecule has 3 rings (SSSR count). The van der Waals surface area contributed by atoms with Crippen LogP contribution >= 0.6 is 0 Å². The van der Waals surface area contributed by atoms with E-state index in [2.05, 4.69) is 15.3 Å². The largest absolute Gasteiger partial charge is 0.388 e. The Morgan fingerprint density at radius 1 is 1.05 bits per heavy atom. The lowest BCUT2D eigenvalue weighted by molar-refractivity contribution is 0.171. The molecule has 0 bridgehead atoms. The van der Waals surface area contributed by atoms with Crippen LogP contribution in [0, 0.1) is 0 Å². The number of aliphatic hydroxyl groups excluding tert-OH is 1. The van der Waals surface area contributed by atoms with Crippen molar-refractivity contribution in [2.45, 2.75) is 12.5 Å². The summed E-state index contributed by atoms with van der Waals surface area (Å²) in [6, 6.07) is 13.6. The summed E-state index contributed by atoms with van der Waals surface area (Å²) in [4.78, 5) is 8.58. The fourth-order valence-corrected chi connectivity index (χ4v) is 2.31. The van der Waals surface area contributed by atoms with Gasteiger partial charge in [-0.15, -0.1) is 0 Å². The minimum Gasteiger partial charge on any atom is -0.388 e. The van der Waals surface area contributed by atoms with Gasteiger partial charge in [-0.25, -0.2) is 0 Å². The lowest BCUT2D eigenvalue weighted by atomic mass is 10.1. The molecule has 0 saturated heterocycles. The summed E-state index contributed by atoms with van der Waals surface area (Å²) >= 11 is 0. The van der Waals surface area contributed by atoms with Gasteiger partial charge in [-0.2, -0.15) is 0 Å². The van der Waals surface area contributed by atoms with Crippen LogP contribution in [0.5, 0.6) is 0 Å². The molecular weight excluding hydrogens is 262 g/mol. The third-order valence-electron chi connectivity index (χ3n) is 3.43. The normalized spacial score (nSPS) is 12.2. The Morgan fingerprint density at radius 3 is 2.76 bits per heavy atom. The summed E-state index contributed by atoms with van der Waals surface area (Å²) in [6.45, 7) is 0.660. The van der Waals surface area contributed by atoms with Gasteiger partial charge in [0.1, 0.15) is 0 Å². The molecule has 0 radical (unpaired) electrons. The molecule has 2 N–H and O–H groups in total. The van der Waals surface area contributed by atoms with Gasteiger partial charge in [-0.1, -0.05) is 30.3 Å². The molecule has 2 heterocycles. The first-order valence-electron chi connectivity index (χ1n) is 7.00. The molecule has 3 aromatic rings. The van der Waals surface area contributed by atoms with Crippen molar-refractivity contribution in [2.75, 3.05) is 11.9 Å². The van der Waals surface area contributed by atoms with Crippen molar-refractivity contribution < 1.29 is 5.11 Å². The minimum atomic E-state index is -0.463. The van der Waals surface area contributed by atoms with E-state index in [1.807, 2.05) is 42.5 Å². The van der Waals surface area contributed by atoms with E-state index in [1.165, 1.54) is 0 Å². The highest BCUT2D eigenvalue weighted by Gasteiger charge is 2.07. The Kier molecular flexibility index (Phi) is 4.07. The number of rotatable bonds is 5. The molecule has 1 unspecified atom stereocenters. The second-order valence-electron chi connectivity index (χ2n) is 4.90. The zero-order valence-corrected chi connectivity index (χ0v) is 11.6. The van der Waals surface area contributed by atoms with Crippen LogP contribution in [0.15, 0.2) is 61.1 Å². The van der Waals surface area contributed by atoms with Crippen LogP contribution in [0.25, 0.3) is 10.9 Å². The van der Waals surface area contributed by atoms with E-state index in [9.17, 15) is 5.11 Å². The Bertz CT molecular complexity index is 710. The molecule has 1 aromatic carbocycles. The third kappa shape index (κ3) is 3.17. The maximum atomic E-state index is 10.1. The molecule has 21 heavy (non-hydrogen) atoms. The fourth-order valence-electron chi connectivity index (χ4n) is 2.31. The zero-order chi connectivity index (χ0) is 14.5. The van der Waals surface area contributed by atoms with Crippen LogP contribution in [-0.2, 0) is 0 Å². The molecule has 0 fully saturated rings. The Morgan fingerprint density at radius 2 is 1.90 bits per heavy atom. The third-order valence-corrected chi connectivity index (χ3v) is 3.43. The van der Waals surface area contributed by atoms with Gasteiger partial charge in [0.05, 0.1) is 23.5 Å². The molecule has 0 aliphatic carbocycles. The monoisotopic (exact) mass is 279 g/mol. The lowest BCUT2D eigenvalue weighted by Gasteiger charge is -2.13. The van der Waals surface area contributed by atoms with Crippen molar-refractivity contribution in [1.82, 2.24) is 9.97 Å². The maximum absolute atomic E-state index is 10.1. The summed E-state index contributed by atoms with van der Waals surface area (Å²) in [5.74, 6) is 0. The molecule has 1 atom stereocenters. The van der Waals surface area contributed by atoms with Crippen molar-refractivity contribution in [1.29, 1.82) is 0 Å². The topological polar surface area (TPSA) is 58.0 Å².